The van der Waals surface area contributed by atoms with Crippen LogP contribution in [-0.2, 0) is 0 Å². The van der Waals surface area contributed by atoms with E-state index in [-0.39, 0.29) is 221 Å². The van der Waals surface area contributed by atoms with Crippen LogP contribution in [0.4, 0.5) is 0 Å². The van der Waals surface area contributed by atoms with Crippen molar-refractivity contribution in [2.75, 3.05) is 0 Å². The molecule has 7 heteroatoms. The third-order valence-corrected chi connectivity index (χ3v) is 0. The van der Waals surface area contributed by atoms with Gasteiger partial charge in [0.1, 0.15) is 0 Å². The maximum Gasteiger partial charge on any atom is 0 e. The minimum atomic E-state index is 0. The van der Waals surface area contributed by atoms with Crippen molar-refractivity contribution in [2.24, 2.45) is 0 Å². The van der Waals surface area contributed by atoms with E-state index >= 15 is 0 Å². The van der Waals surface area contributed by atoms with E-state index in [0.717, 1.165) is 0 Å². The second-order valence-corrected chi connectivity index (χ2v) is 0. The number of rotatable bonds is 0. The van der Waals surface area contributed by atoms with Crippen LogP contribution in [0.3, 0.4) is 0 Å². The van der Waals surface area contributed by atoms with Gasteiger partial charge >= 0.3 is 0 Å². The predicted octanol–water partition coefficient (Wildman–Crippen LogP) is -1.14. The monoisotopic (exact) mass is 1180 g/mol. The van der Waals surface area contributed by atoms with Crippen molar-refractivity contribution in [1.82, 2.24) is 0 Å². The number of hydrogen-bond donors (Lipinski definition) is 0. The second-order valence-electron chi connectivity index (χ2n) is 0. The van der Waals surface area contributed by atoms with Crippen LogP contribution in [0.25, 0.3) is 0 Å². The molecule has 0 bridgehead atoms. The van der Waals surface area contributed by atoms with E-state index in [1.54, 1.807) is 0 Å². The van der Waals surface area contributed by atoms with Gasteiger partial charge in [-0.1, -0.05) is 0 Å². The van der Waals surface area contributed by atoms with Gasteiger partial charge in [0.15, 0.2) is 0 Å². The summed E-state index contributed by atoms with van der Waals surface area (Å²) in [6.07, 6.45) is 0. The van der Waals surface area contributed by atoms with Crippen LogP contribution in [0.2, 0.25) is 0 Å². The summed E-state index contributed by atoms with van der Waals surface area (Å²) in [5, 5.41) is 0. The average molecular weight is 1180 g/mol. The average Bonchev–Trinajstić information content (AvgIpc) is 0. The van der Waals surface area contributed by atoms with E-state index in [1.165, 1.54) is 0 Å². The van der Waals surface area contributed by atoms with Crippen molar-refractivity contribution in [1.29, 1.82) is 0 Å². The van der Waals surface area contributed by atoms with Crippen LogP contribution in [0.1, 0.15) is 0 Å². The van der Waals surface area contributed by atoms with Crippen LogP contribution < -0.4 is 0 Å². The Hall–Kier alpha value is 7.43. The molecule has 13 radical (unpaired) electrons. The summed E-state index contributed by atoms with van der Waals surface area (Å²) in [7, 11) is 0. The summed E-state index contributed by atoms with van der Waals surface area (Å²) in [5.74, 6) is 0. The molecule has 0 aliphatic carbocycles. The molecule has 0 aromatic carbocycles. The minimum absolute atomic E-state index is 0. The molecule has 0 fully saturated rings. The number of hydrogen-bond acceptors (Lipinski definition) is 0. The standard InChI is InChI=1S/3Bi.4La. The molecule has 0 spiro atoms. The largest absolute Gasteiger partial charge is 0 e. The molecule has 0 rings (SSSR count). The normalized spacial score (nSPS) is 0. The zero-order chi connectivity index (χ0) is 0. The Balaban J connectivity index is 0. The van der Waals surface area contributed by atoms with Crippen LogP contribution in [0, 0.1) is 142 Å². The van der Waals surface area contributed by atoms with Crippen molar-refractivity contribution < 1.29 is 142 Å². The maximum atomic E-state index is 0. The van der Waals surface area contributed by atoms with Gasteiger partial charge in [-0.3, -0.25) is 0 Å². The zero-order valence-corrected chi connectivity index (χ0v) is 28.6. The molecule has 0 N–H and O–H groups in total. The van der Waals surface area contributed by atoms with E-state index in [9.17, 15) is 0 Å². The van der Waals surface area contributed by atoms with Crippen LogP contribution in [0.5, 0.6) is 0 Å². The Kier molecular flexibility index (Phi) is 253. The van der Waals surface area contributed by atoms with Crippen molar-refractivity contribution in [3.05, 3.63) is 0 Å². The molecule has 27 valence electrons. The molecule has 0 nitrogen and oxygen atoms in total. The summed E-state index contributed by atoms with van der Waals surface area (Å²) in [6.45, 7) is 0. The minimum Gasteiger partial charge on any atom is 0 e. The van der Waals surface area contributed by atoms with Gasteiger partial charge in [-0.25, -0.2) is 0 Å². The molecule has 7 heavy (non-hydrogen) atoms. The summed E-state index contributed by atoms with van der Waals surface area (Å²) in [6, 6.07) is 0. The molecule has 0 amide bonds. The van der Waals surface area contributed by atoms with Gasteiger partial charge in [0.05, 0.1) is 0 Å². The first-order valence-electron chi connectivity index (χ1n) is 0. The van der Waals surface area contributed by atoms with Crippen molar-refractivity contribution in [2.45, 2.75) is 0 Å². The summed E-state index contributed by atoms with van der Waals surface area (Å²) in [5.41, 5.74) is 0. The Morgan fingerprint density at radius 1 is 0.286 bits per heavy atom. The van der Waals surface area contributed by atoms with Gasteiger partial charge < -0.3 is 0 Å². The van der Waals surface area contributed by atoms with Gasteiger partial charge in [0, 0.05) is 221 Å². The fraction of sp³-hybridized carbons (Fsp3) is 0. The molecule has 0 aromatic rings. The van der Waals surface area contributed by atoms with E-state index < -0.39 is 0 Å². The Morgan fingerprint density at radius 3 is 0.286 bits per heavy atom. The van der Waals surface area contributed by atoms with Gasteiger partial charge in [-0.05, 0) is 0 Å². The topological polar surface area (TPSA) is 0 Å². The zero-order valence-electron chi connectivity index (χ0n) is 3.65. The summed E-state index contributed by atoms with van der Waals surface area (Å²) >= 11 is 0. The molecule has 0 aromatic heterocycles. The second kappa shape index (κ2) is 37.6. The van der Waals surface area contributed by atoms with Gasteiger partial charge in [-0.15, -0.1) is 0 Å². The smallest absolute Gasteiger partial charge is 0 e. The first-order valence-corrected chi connectivity index (χ1v) is 0. The molecular formula is Bi3La4. The van der Waals surface area contributed by atoms with Gasteiger partial charge in [0.25, 0.3) is 0 Å². The summed E-state index contributed by atoms with van der Waals surface area (Å²) in [4.78, 5) is 0. The Labute approximate surface area is 214 Å². The molecule has 0 aliphatic rings. The van der Waals surface area contributed by atoms with E-state index in [0.29, 0.717) is 0 Å². The molecule has 0 unspecified atom stereocenters. The van der Waals surface area contributed by atoms with E-state index in [4.69, 9.17) is 0 Å². The fourth-order valence-electron chi connectivity index (χ4n) is 0. The maximum absolute atomic E-state index is 0. The van der Waals surface area contributed by atoms with Crippen molar-refractivity contribution in [3.63, 3.8) is 0 Å². The Morgan fingerprint density at radius 2 is 0.286 bits per heavy atom. The van der Waals surface area contributed by atoms with Gasteiger partial charge in [-0.2, -0.15) is 0 Å². The molecular weight excluding hydrogens is 1180 g/mol. The molecule has 0 heterocycles. The van der Waals surface area contributed by atoms with Crippen LogP contribution in [0.15, 0.2) is 0 Å². The van der Waals surface area contributed by atoms with E-state index in [1.807, 2.05) is 0 Å². The third-order valence-electron chi connectivity index (χ3n) is 0. The van der Waals surface area contributed by atoms with Crippen molar-refractivity contribution >= 4 is 78.6 Å². The van der Waals surface area contributed by atoms with Crippen molar-refractivity contribution in [3.8, 4) is 0 Å². The Bertz CT molecular complexity index is 6.90. The molecule has 0 atom stereocenters. The first kappa shape index (κ1) is 47.1. The quantitative estimate of drug-likeness (QED) is 0.270. The molecule has 0 saturated carbocycles. The third kappa shape index (κ3) is 31.8. The molecule has 0 saturated heterocycles. The fourth-order valence-corrected chi connectivity index (χ4v) is 0. The summed E-state index contributed by atoms with van der Waals surface area (Å²) < 4.78 is 0. The SMILES string of the molecule is [Bi].[Bi].[Bi].[La].[La].[La].[La]. The van der Waals surface area contributed by atoms with Crippen LogP contribution >= 0.6 is 0 Å². The predicted molar refractivity (Wildman–Crippen MR) is 17.3 cm³/mol. The van der Waals surface area contributed by atoms with Gasteiger partial charge in [0.2, 0.25) is 0 Å². The van der Waals surface area contributed by atoms with E-state index in [2.05, 4.69) is 0 Å². The first-order chi connectivity index (χ1) is 0. The van der Waals surface area contributed by atoms with Crippen LogP contribution in [-0.4, -0.2) is 78.6 Å². The molecule has 0 aliphatic heterocycles.